The van der Waals surface area contributed by atoms with Crippen LogP contribution in [0.25, 0.3) is 6.08 Å². The molecule has 2 aromatic rings. The maximum absolute atomic E-state index is 12.4. The topological polar surface area (TPSA) is 52.6 Å². The van der Waals surface area contributed by atoms with Crippen molar-refractivity contribution in [1.29, 1.82) is 0 Å². The van der Waals surface area contributed by atoms with E-state index in [1.54, 1.807) is 6.08 Å². The molecule has 2 aromatic carbocycles. The number of esters is 2. The number of rotatable bonds is 3. The first-order valence-electron chi connectivity index (χ1n) is 9.84. The number of hydrogen-bond donors (Lipinski definition) is 0. The monoisotopic (exact) mass is 388 g/mol. The van der Waals surface area contributed by atoms with Crippen molar-refractivity contribution in [3.8, 4) is 5.75 Å². The van der Waals surface area contributed by atoms with Crippen LogP contribution in [-0.4, -0.2) is 11.9 Å². The Morgan fingerprint density at radius 2 is 1.93 bits per heavy atom. The van der Waals surface area contributed by atoms with Crippen LogP contribution in [0.4, 0.5) is 0 Å². The van der Waals surface area contributed by atoms with Crippen molar-refractivity contribution in [2.45, 2.75) is 39.7 Å². The summed E-state index contributed by atoms with van der Waals surface area (Å²) in [5, 5.41) is 0. The molecule has 1 heterocycles. The third-order valence-corrected chi connectivity index (χ3v) is 5.92. The molecule has 29 heavy (non-hydrogen) atoms. The Labute approximate surface area is 170 Å². The van der Waals surface area contributed by atoms with E-state index in [0.29, 0.717) is 11.3 Å². The van der Waals surface area contributed by atoms with Crippen LogP contribution < -0.4 is 4.74 Å². The Balaban J connectivity index is 1.61. The zero-order valence-electron chi connectivity index (χ0n) is 17.0. The molecule has 1 aliphatic carbocycles. The largest absolute Gasteiger partial charge is 0.453 e. The fourth-order valence-electron chi connectivity index (χ4n) is 4.26. The summed E-state index contributed by atoms with van der Waals surface area (Å²) in [6, 6.07) is 9.80. The molecule has 0 aromatic heterocycles. The lowest BCUT2D eigenvalue weighted by molar-refractivity contribution is -0.139. The summed E-state index contributed by atoms with van der Waals surface area (Å²) in [6.07, 6.45) is 4.54. The summed E-state index contributed by atoms with van der Waals surface area (Å²) >= 11 is 0. The Morgan fingerprint density at radius 3 is 2.66 bits per heavy atom. The second-order valence-electron chi connectivity index (χ2n) is 7.87. The predicted molar refractivity (Wildman–Crippen MR) is 112 cm³/mol. The number of carbonyl (C=O) groups is 2. The summed E-state index contributed by atoms with van der Waals surface area (Å²) in [5.74, 6) is -0.254. The Kier molecular flexibility index (Phi) is 4.87. The summed E-state index contributed by atoms with van der Waals surface area (Å²) in [7, 11) is 0. The number of fused-ring (bicyclic) bond motifs is 3. The molecular formula is C25H24O4. The van der Waals surface area contributed by atoms with Gasteiger partial charge in [-0.25, -0.2) is 9.59 Å². The summed E-state index contributed by atoms with van der Waals surface area (Å²) in [6.45, 7) is 9.85. The number of ether oxygens (including phenoxy) is 2. The molecular weight excluding hydrogens is 364 g/mol. The molecule has 0 spiro atoms. The van der Waals surface area contributed by atoms with Crippen molar-refractivity contribution in [3.05, 3.63) is 81.9 Å². The van der Waals surface area contributed by atoms with Crippen LogP contribution in [0.1, 0.15) is 45.9 Å². The summed E-state index contributed by atoms with van der Waals surface area (Å²) < 4.78 is 11.3. The first kappa shape index (κ1) is 19.2. The Bertz CT molecular complexity index is 1040. The number of carbonyl (C=O) groups excluding carboxylic acids is 2. The number of benzene rings is 2. The fourth-order valence-corrected chi connectivity index (χ4v) is 4.26. The Morgan fingerprint density at radius 1 is 1.21 bits per heavy atom. The van der Waals surface area contributed by atoms with E-state index in [4.69, 9.17) is 9.47 Å². The minimum absolute atomic E-state index is 0.000449. The van der Waals surface area contributed by atoms with Gasteiger partial charge < -0.3 is 9.47 Å². The average molecular weight is 388 g/mol. The van der Waals surface area contributed by atoms with Gasteiger partial charge in [-0.15, -0.1) is 0 Å². The third-order valence-electron chi connectivity index (χ3n) is 5.92. The molecule has 0 bridgehead atoms. The van der Waals surface area contributed by atoms with Crippen LogP contribution in [-0.2, 0) is 20.7 Å². The van der Waals surface area contributed by atoms with Gasteiger partial charge in [-0.2, -0.15) is 0 Å². The highest BCUT2D eigenvalue weighted by atomic mass is 16.6. The second kappa shape index (κ2) is 7.36. The highest BCUT2D eigenvalue weighted by molar-refractivity contribution is 5.91. The van der Waals surface area contributed by atoms with Gasteiger partial charge >= 0.3 is 11.9 Å². The number of hydrogen-bond acceptors (Lipinski definition) is 4. The van der Waals surface area contributed by atoms with E-state index in [1.807, 2.05) is 51.1 Å². The molecule has 0 amide bonds. The maximum atomic E-state index is 12.4. The first-order chi connectivity index (χ1) is 13.8. The van der Waals surface area contributed by atoms with Gasteiger partial charge in [0.15, 0.2) is 0 Å². The lowest BCUT2D eigenvalue weighted by Crippen LogP contribution is -2.21. The fraction of sp³-hybridized carbons (Fsp3) is 0.280. The summed E-state index contributed by atoms with van der Waals surface area (Å²) in [4.78, 5) is 24.4. The molecule has 1 aliphatic heterocycles. The third kappa shape index (κ3) is 3.51. The first-order valence-corrected chi connectivity index (χ1v) is 9.84. The SMILES string of the molecule is C=C1C(=O)OC2c3c(C)c(OC(=O)C=Cc4ccc(C)cc4)cc(C)c3CCC12. The van der Waals surface area contributed by atoms with Crippen LogP contribution in [0.2, 0.25) is 0 Å². The highest BCUT2D eigenvalue weighted by Crippen LogP contribution is 2.49. The van der Waals surface area contributed by atoms with Crippen LogP contribution in [0.3, 0.4) is 0 Å². The highest BCUT2D eigenvalue weighted by Gasteiger charge is 2.44. The van der Waals surface area contributed by atoms with Gasteiger partial charge in [0.1, 0.15) is 11.9 Å². The van der Waals surface area contributed by atoms with Crippen molar-refractivity contribution in [3.63, 3.8) is 0 Å². The molecule has 4 heteroatoms. The second-order valence-corrected chi connectivity index (χ2v) is 7.87. The molecule has 1 fully saturated rings. The smallest absolute Gasteiger partial charge is 0.336 e. The normalized spacial score (nSPS) is 20.4. The van der Waals surface area contributed by atoms with Gasteiger partial charge in [-0.1, -0.05) is 36.4 Å². The lowest BCUT2D eigenvalue weighted by Gasteiger charge is -2.30. The van der Waals surface area contributed by atoms with E-state index in [1.165, 1.54) is 17.2 Å². The lowest BCUT2D eigenvalue weighted by atomic mass is 9.76. The Hall–Kier alpha value is -3.14. The molecule has 1 saturated heterocycles. The van der Waals surface area contributed by atoms with E-state index < -0.39 is 5.97 Å². The molecule has 0 saturated carbocycles. The van der Waals surface area contributed by atoms with Crippen LogP contribution >= 0.6 is 0 Å². The average Bonchev–Trinajstić information content (AvgIpc) is 2.99. The van der Waals surface area contributed by atoms with Crippen LogP contribution in [0, 0.1) is 26.7 Å². The molecule has 0 radical (unpaired) electrons. The molecule has 0 N–H and O–H groups in total. The van der Waals surface area contributed by atoms with Gasteiger partial charge in [-0.3, -0.25) is 0 Å². The zero-order valence-corrected chi connectivity index (χ0v) is 17.0. The molecule has 2 atom stereocenters. The quantitative estimate of drug-likeness (QED) is 0.424. The van der Waals surface area contributed by atoms with E-state index in [9.17, 15) is 9.59 Å². The standard InChI is InChI=1S/C25H24O4/c1-14-5-7-18(8-6-14)9-12-22(26)28-21-13-15(2)19-10-11-20-16(3)25(27)29-24(20)23(19)17(21)4/h5-9,12-13,20,24H,3,10-11H2,1-2,4H3. The molecule has 4 nitrogen and oxygen atoms in total. The minimum Gasteiger partial charge on any atom is -0.453 e. The van der Waals surface area contributed by atoms with E-state index in [0.717, 1.165) is 35.1 Å². The van der Waals surface area contributed by atoms with E-state index >= 15 is 0 Å². The predicted octanol–water partition coefficient (Wildman–Crippen LogP) is 4.95. The summed E-state index contributed by atoms with van der Waals surface area (Å²) in [5.41, 5.74) is 6.69. The van der Waals surface area contributed by atoms with Crippen molar-refractivity contribution < 1.29 is 19.1 Å². The van der Waals surface area contributed by atoms with E-state index in [2.05, 4.69) is 6.58 Å². The van der Waals surface area contributed by atoms with Gasteiger partial charge in [0.05, 0.1) is 0 Å². The van der Waals surface area contributed by atoms with Crippen LogP contribution in [0.5, 0.6) is 5.75 Å². The zero-order chi connectivity index (χ0) is 20.7. The molecule has 148 valence electrons. The molecule has 4 rings (SSSR count). The van der Waals surface area contributed by atoms with Crippen LogP contribution in [0.15, 0.2) is 48.6 Å². The maximum Gasteiger partial charge on any atom is 0.336 e. The molecule has 2 aliphatic rings. The van der Waals surface area contributed by atoms with Gasteiger partial charge in [0.2, 0.25) is 0 Å². The van der Waals surface area contributed by atoms with Gasteiger partial charge in [-0.05, 0) is 68.0 Å². The van der Waals surface area contributed by atoms with Crippen molar-refractivity contribution >= 4 is 18.0 Å². The van der Waals surface area contributed by atoms with Crippen molar-refractivity contribution in [2.75, 3.05) is 0 Å². The van der Waals surface area contributed by atoms with E-state index in [-0.39, 0.29) is 18.0 Å². The van der Waals surface area contributed by atoms with Gasteiger partial charge in [0.25, 0.3) is 0 Å². The minimum atomic E-state index is -0.437. The molecule has 2 unspecified atom stereocenters. The van der Waals surface area contributed by atoms with Crippen molar-refractivity contribution in [1.82, 2.24) is 0 Å². The van der Waals surface area contributed by atoms with Gasteiger partial charge in [0, 0.05) is 23.1 Å². The van der Waals surface area contributed by atoms with Crippen molar-refractivity contribution in [2.24, 2.45) is 5.92 Å². The number of aryl methyl sites for hydroxylation is 2.